The van der Waals surface area contributed by atoms with Gasteiger partial charge in [0.15, 0.2) is 0 Å². The van der Waals surface area contributed by atoms with Crippen molar-refractivity contribution in [2.75, 3.05) is 25.1 Å². The molecular formula is C13H15NO3. The minimum absolute atomic E-state index is 0.362. The Balaban J connectivity index is 1.91. The Bertz CT molecular complexity index is 472. The minimum atomic E-state index is -0.876. The van der Waals surface area contributed by atoms with Gasteiger partial charge < -0.3 is 14.7 Å². The van der Waals surface area contributed by atoms with Gasteiger partial charge in [0.2, 0.25) is 0 Å². The lowest BCUT2D eigenvalue weighted by Crippen LogP contribution is -2.49. The molecule has 1 N–H and O–H groups in total. The Labute approximate surface area is 99.8 Å². The molecule has 1 heterocycles. The fourth-order valence-electron chi connectivity index (χ4n) is 2.51. The maximum atomic E-state index is 11.2. The summed E-state index contributed by atoms with van der Waals surface area (Å²) >= 11 is 0. The molecular weight excluding hydrogens is 218 g/mol. The summed E-state index contributed by atoms with van der Waals surface area (Å²) in [5, 5.41) is 9.18. The van der Waals surface area contributed by atoms with Crippen LogP contribution in [0.4, 0.5) is 5.69 Å². The van der Waals surface area contributed by atoms with E-state index in [1.807, 2.05) is 6.07 Å². The Morgan fingerprint density at radius 2 is 2.12 bits per heavy atom. The van der Waals surface area contributed by atoms with Crippen LogP contribution in [0.15, 0.2) is 18.2 Å². The number of benzene rings is 1. The zero-order valence-corrected chi connectivity index (χ0v) is 9.77. The van der Waals surface area contributed by atoms with Crippen LogP contribution < -0.4 is 9.64 Å². The van der Waals surface area contributed by atoms with Crippen molar-refractivity contribution in [3.8, 4) is 5.75 Å². The molecule has 4 heteroatoms. The van der Waals surface area contributed by atoms with Crippen LogP contribution in [0.25, 0.3) is 0 Å². The summed E-state index contributed by atoms with van der Waals surface area (Å²) in [6.07, 6.45) is 2.58. The monoisotopic (exact) mass is 233 g/mol. The van der Waals surface area contributed by atoms with Crippen molar-refractivity contribution in [1.29, 1.82) is 0 Å². The number of ether oxygens (including phenoxy) is 1. The van der Waals surface area contributed by atoms with Gasteiger partial charge in [-0.15, -0.1) is 0 Å². The lowest BCUT2D eigenvalue weighted by Gasteiger charge is -2.42. The molecule has 0 bridgehead atoms. The highest BCUT2D eigenvalue weighted by Crippen LogP contribution is 2.54. The van der Waals surface area contributed by atoms with Crippen LogP contribution in [-0.4, -0.2) is 31.3 Å². The lowest BCUT2D eigenvalue weighted by molar-refractivity contribution is 0.0697. The maximum absolute atomic E-state index is 11.2. The second-order valence-corrected chi connectivity index (χ2v) is 5.04. The summed E-state index contributed by atoms with van der Waals surface area (Å²) in [5.41, 5.74) is 1.66. The minimum Gasteiger partial charge on any atom is -0.497 e. The van der Waals surface area contributed by atoms with Crippen LogP contribution in [0.2, 0.25) is 0 Å². The first-order valence-electron chi connectivity index (χ1n) is 5.80. The van der Waals surface area contributed by atoms with E-state index in [0.717, 1.165) is 18.8 Å². The Kier molecular flexibility index (Phi) is 2.08. The molecule has 3 rings (SSSR count). The molecule has 1 aromatic carbocycles. The van der Waals surface area contributed by atoms with Crippen LogP contribution >= 0.6 is 0 Å². The number of hydrogen-bond donors (Lipinski definition) is 1. The number of anilines is 1. The fourth-order valence-corrected chi connectivity index (χ4v) is 2.51. The summed E-state index contributed by atoms with van der Waals surface area (Å²) < 4.78 is 5.16. The van der Waals surface area contributed by atoms with Gasteiger partial charge >= 0.3 is 5.97 Å². The SMILES string of the molecule is COc1ccc(C(=O)O)c(N2CC3(CC3)C2)c1. The average Bonchev–Trinajstić information content (AvgIpc) is 3.06. The van der Waals surface area contributed by atoms with Crippen molar-refractivity contribution >= 4 is 11.7 Å². The van der Waals surface area contributed by atoms with Crippen molar-refractivity contribution in [1.82, 2.24) is 0 Å². The highest BCUT2D eigenvalue weighted by atomic mass is 16.5. The number of nitrogens with zero attached hydrogens (tertiary/aromatic N) is 1. The molecule has 0 aromatic heterocycles. The topological polar surface area (TPSA) is 49.8 Å². The predicted molar refractivity (Wildman–Crippen MR) is 63.8 cm³/mol. The zero-order chi connectivity index (χ0) is 12.0. The van der Waals surface area contributed by atoms with Crippen molar-refractivity contribution in [2.24, 2.45) is 5.41 Å². The van der Waals surface area contributed by atoms with E-state index in [1.165, 1.54) is 12.8 Å². The molecule has 1 spiro atoms. The largest absolute Gasteiger partial charge is 0.497 e. The van der Waals surface area contributed by atoms with Gasteiger partial charge in [-0.25, -0.2) is 4.79 Å². The lowest BCUT2D eigenvalue weighted by atomic mass is 9.95. The normalized spacial score (nSPS) is 19.9. The Morgan fingerprint density at radius 3 is 2.65 bits per heavy atom. The average molecular weight is 233 g/mol. The number of aromatic carboxylic acids is 1. The molecule has 90 valence electrons. The van der Waals surface area contributed by atoms with Gasteiger partial charge in [-0.2, -0.15) is 0 Å². The van der Waals surface area contributed by atoms with E-state index >= 15 is 0 Å². The summed E-state index contributed by atoms with van der Waals surface area (Å²) in [5.74, 6) is -0.166. The Hall–Kier alpha value is -1.71. The maximum Gasteiger partial charge on any atom is 0.337 e. The molecule has 0 unspecified atom stereocenters. The number of rotatable bonds is 3. The van der Waals surface area contributed by atoms with E-state index in [9.17, 15) is 9.90 Å². The van der Waals surface area contributed by atoms with Gasteiger partial charge in [-0.05, 0) is 25.0 Å². The van der Waals surface area contributed by atoms with Crippen LogP contribution in [0.1, 0.15) is 23.2 Å². The molecule has 2 fully saturated rings. The summed E-state index contributed by atoms with van der Waals surface area (Å²) in [6.45, 7) is 1.97. The molecule has 4 nitrogen and oxygen atoms in total. The molecule has 1 saturated heterocycles. The second kappa shape index (κ2) is 3.39. The first kappa shape index (κ1) is 10.4. The van der Waals surface area contributed by atoms with Crippen molar-refractivity contribution in [3.05, 3.63) is 23.8 Å². The van der Waals surface area contributed by atoms with Gasteiger partial charge in [-0.3, -0.25) is 0 Å². The molecule has 0 atom stereocenters. The molecule has 0 radical (unpaired) electrons. The van der Waals surface area contributed by atoms with E-state index in [0.29, 0.717) is 16.7 Å². The first-order valence-corrected chi connectivity index (χ1v) is 5.80. The number of hydrogen-bond acceptors (Lipinski definition) is 3. The highest BCUT2D eigenvalue weighted by molar-refractivity contribution is 5.95. The third kappa shape index (κ3) is 1.64. The van der Waals surface area contributed by atoms with Gasteiger partial charge in [0.05, 0.1) is 18.4 Å². The molecule has 1 aromatic rings. The second-order valence-electron chi connectivity index (χ2n) is 5.04. The summed E-state index contributed by atoms with van der Waals surface area (Å²) in [7, 11) is 1.60. The van der Waals surface area contributed by atoms with Crippen molar-refractivity contribution in [3.63, 3.8) is 0 Å². The van der Waals surface area contributed by atoms with Crippen molar-refractivity contribution < 1.29 is 14.6 Å². The molecule has 1 aliphatic carbocycles. The number of methoxy groups -OCH3 is 1. The van der Waals surface area contributed by atoms with Crippen LogP contribution in [-0.2, 0) is 0 Å². The first-order chi connectivity index (χ1) is 8.13. The smallest absolute Gasteiger partial charge is 0.337 e. The van der Waals surface area contributed by atoms with E-state index in [4.69, 9.17) is 4.74 Å². The van der Waals surface area contributed by atoms with Gasteiger partial charge in [-0.1, -0.05) is 0 Å². The molecule has 17 heavy (non-hydrogen) atoms. The third-order valence-corrected chi connectivity index (χ3v) is 3.79. The van der Waals surface area contributed by atoms with Crippen LogP contribution in [0, 0.1) is 5.41 Å². The quantitative estimate of drug-likeness (QED) is 0.867. The highest BCUT2D eigenvalue weighted by Gasteiger charge is 2.52. The van der Waals surface area contributed by atoms with Gasteiger partial charge in [0.1, 0.15) is 5.75 Å². The van der Waals surface area contributed by atoms with E-state index in [2.05, 4.69) is 4.90 Å². The number of carboxylic acid groups (broad SMARTS) is 1. The molecule has 0 amide bonds. The molecule has 1 aliphatic heterocycles. The van der Waals surface area contributed by atoms with Crippen LogP contribution in [0.5, 0.6) is 5.75 Å². The van der Waals surface area contributed by atoms with Crippen LogP contribution in [0.3, 0.4) is 0 Å². The Morgan fingerprint density at radius 1 is 1.41 bits per heavy atom. The van der Waals surface area contributed by atoms with E-state index < -0.39 is 5.97 Å². The number of carboxylic acids is 1. The van der Waals surface area contributed by atoms with Gasteiger partial charge in [0.25, 0.3) is 0 Å². The van der Waals surface area contributed by atoms with Gasteiger partial charge in [0, 0.05) is 24.6 Å². The zero-order valence-electron chi connectivity index (χ0n) is 9.77. The van der Waals surface area contributed by atoms with E-state index in [-0.39, 0.29) is 0 Å². The third-order valence-electron chi connectivity index (χ3n) is 3.79. The summed E-state index contributed by atoms with van der Waals surface area (Å²) in [4.78, 5) is 13.3. The van der Waals surface area contributed by atoms with Crippen molar-refractivity contribution in [2.45, 2.75) is 12.8 Å². The summed E-state index contributed by atoms with van der Waals surface area (Å²) in [6, 6.07) is 5.13. The number of carbonyl (C=O) groups is 1. The molecule has 2 aliphatic rings. The predicted octanol–water partition coefficient (Wildman–Crippen LogP) is 1.99. The fraction of sp³-hybridized carbons (Fsp3) is 0.462. The van der Waals surface area contributed by atoms with E-state index in [1.54, 1.807) is 19.2 Å². The molecule has 1 saturated carbocycles. The standard InChI is InChI=1S/C13H15NO3/c1-17-9-2-3-10(12(15)16)11(6-9)14-7-13(8-14)4-5-13/h2-3,6H,4-5,7-8H2,1H3,(H,15,16).